The molecule has 0 spiro atoms. The van der Waals surface area contributed by atoms with E-state index in [9.17, 15) is 0 Å². The summed E-state index contributed by atoms with van der Waals surface area (Å²) in [4.78, 5) is 5.41. The third-order valence-electron chi connectivity index (χ3n) is 5.77. The predicted octanol–water partition coefficient (Wildman–Crippen LogP) is 7.38. The van der Waals surface area contributed by atoms with Gasteiger partial charge in [0.05, 0.1) is 0 Å². The molecule has 5 rings (SSSR count). The molecule has 3 nitrogen and oxygen atoms in total. The Hall–Kier alpha value is -3.76. The second kappa shape index (κ2) is 9.00. The van der Waals surface area contributed by atoms with Crippen molar-refractivity contribution in [3.63, 3.8) is 0 Å². The van der Waals surface area contributed by atoms with Crippen molar-refractivity contribution >= 4 is 11.3 Å². The minimum absolute atomic E-state index is 0.602. The molecule has 0 N–H and O–H groups in total. The smallest absolute Gasteiger partial charge is 0.223 e. The van der Waals surface area contributed by atoms with Gasteiger partial charge in [0.1, 0.15) is 17.7 Å². The Labute approximate surface area is 198 Å². The van der Waals surface area contributed by atoms with Crippen LogP contribution in [0.15, 0.2) is 96.6 Å². The number of nitrogens with zero attached hydrogens (tertiary/aromatic N) is 2. The van der Waals surface area contributed by atoms with E-state index < -0.39 is 0 Å². The van der Waals surface area contributed by atoms with E-state index in [2.05, 4.69) is 97.3 Å². The number of hydrogen-bond donors (Lipinski definition) is 0. The average molecular weight is 450 g/mol. The molecule has 162 valence electrons. The number of aryl methyl sites for hydroxylation is 3. The molecule has 3 aromatic heterocycles. The van der Waals surface area contributed by atoms with E-state index in [-0.39, 0.29) is 0 Å². The number of benzene rings is 2. The lowest BCUT2D eigenvalue weighted by atomic mass is 9.91. The molecule has 4 heteroatoms. The van der Waals surface area contributed by atoms with Gasteiger partial charge in [-0.1, -0.05) is 48.5 Å². The van der Waals surface area contributed by atoms with Crippen LogP contribution in [0.4, 0.5) is 0 Å². The number of ether oxygens (including phenoxy) is 1. The molecule has 0 aliphatic carbocycles. The summed E-state index contributed by atoms with van der Waals surface area (Å²) < 4.78 is 8.07. The Kier molecular flexibility index (Phi) is 5.76. The maximum Gasteiger partial charge on any atom is 0.223 e. The second-order valence-electron chi connectivity index (χ2n) is 8.18. The van der Waals surface area contributed by atoms with Crippen molar-refractivity contribution in [3.05, 3.63) is 108 Å². The van der Waals surface area contributed by atoms with Crippen LogP contribution in [0.5, 0.6) is 11.6 Å². The van der Waals surface area contributed by atoms with Crippen molar-refractivity contribution in [2.45, 2.75) is 13.8 Å². The van der Waals surface area contributed by atoms with E-state index in [1.807, 2.05) is 23.6 Å². The Bertz CT molecular complexity index is 1390. The van der Waals surface area contributed by atoms with Crippen LogP contribution < -0.4 is 9.30 Å². The zero-order valence-electron chi connectivity index (χ0n) is 18.9. The lowest BCUT2D eigenvalue weighted by Crippen LogP contribution is -2.30. The molecule has 0 unspecified atom stereocenters. The van der Waals surface area contributed by atoms with Gasteiger partial charge in [0.15, 0.2) is 6.20 Å². The number of rotatable bonds is 5. The van der Waals surface area contributed by atoms with Crippen molar-refractivity contribution < 1.29 is 9.30 Å². The van der Waals surface area contributed by atoms with Crippen LogP contribution in [-0.4, -0.2) is 4.98 Å². The van der Waals surface area contributed by atoms with Crippen LogP contribution in [0.2, 0.25) is 0 Å². The van der Waals surface area contributed by atoms with Gasteiger partial charge in [-0.2, -0.15) is 0 Å². The lowest BCUT2D eigenvalue weighted by molar-refractivity contribution is -0.660. The fraction of sp³-hybridized carbons (Fsp3) is 0.103. The summed E-state index contributed by atoms with van der Waals surface area (Å²) in [6.07, 6.45) is 3.87. The fourth-order valence-electron chi connectivity index (χ4n) is 4.22. The topological polar surface area (TPSA) is 26.0 Å². The first-order valence-electron chi connectivity index (χ1n) is 10.9. The highest BCUT2D eigenvalue weighted by Gasteiger charge is 2.17. The summed E-state index contributed by atoms with van der Waals surface area (Å²) in [6, 6.07) is 27.3. The number of aromatic nitrogens is 2. The normalized spacial score (nSPS) is 10.9. The molecule has 0 amide bonds. The predicted molar refractivity (Wildman–Crippen MR) is 136 cm³/mol. The molecule has 2 aromatic carbocycles. The SMILES string of the molecule is Cc1cc(-c2ccccc2)cc(C)c1-c1cc[n+](C)c(-c2cc(Oc3ccccn3)cs2)c1. The van der Waals surface area contributed by atoms with Crippen LogP contribution in [0.1, 0.15) is 11.1 Å². The minimum Gasteiger partial charge on any atom is -0.438 e. The maximum atomic E-state index is 5.92. The molecule has 0 fully saturated rings. The first-order valence-corrected chi connectivity index (χ1v) is 11.8. The number of pyridine rings is 2. The zero-order valence-corrected chi connectivity index (χ0v) is 19.8. The molecule has 3 heterocycles. The summed E-state index contributed by atoms with van der Waals surface area (Å²) in [6.45, 7) is 4.40. The van der Waals surface area contributed by atoms with E-state index in [1.54, 1.807) is 17.5 Å². The summed E-state index contributed by atoms with van der Waals surface area (Å²) in [5.41, 5.74) is 8.72. The summed E-state index contributed by atoms with van der Waals surface area (Å²) in [7, 11) is 2.08. The zero-order chi connectivity index (χ0) is 22.8. The Morgan fingerprint density at radius 1 is 0.788 bits per heavy atom. The van der Waals surface area contributed by atoms with Gasteiger partial charge in [0.25, 0.3) is 0 Å². The van der Waals surface area contributed by atoms with Gasteiger partial charge in [0.2, 0.25) is 11.6 Å². The molecule has 0 saturated carbocycles. The highest BCUT2D eigenvalue weighted by Crippen LogP contribution is 2.36. The van der Waals surface area contributed by atoms with Gasteiger partial charge in [-0.3, -0.25) is 0 Å². The molecule has 33 heavy (non-hydrogen) atoms. The first-order chi connectivity index (χ1) is 16.1. The van der Waals surface area contributed by atoms with Gasteiger partial charge < -0.3 is 4.74 Å². The summed E-state index contributed by atoms with van der Waals surface area (Å²) >= 11 is 1.67. The van der Waals surface area contributed by atoms with E-state index >= 15 is 0 Å². The van der Waals surface area contributed by atoms with Crippen molar-refractivity contribution in [3.8, 4) is 44.5 Å². The van der Waals surface area contributed by atoms with Gasteiger partial charge in [-0.15, -0.1) is 11.3 Å². The van der Waals surface area contributed by atoms with Crippen molar-refractivity contribution in [1.29, 1.82) is 0 Å². The van der Waals surface area contributed by atoms with Gasteiger partial charge in [-0.25, -0.2) is 9.55 Å². The maximum absolute atomic E-state index is 5.92. The van der Waals surface area contributed by atoms with Crippen molar-refractivity contribution in [1.82, 2.24) is 4.98 Å². The van der Waals surface area contributed by atoms with E-state index in [1.165, 1.54) is 33.4 Å². The van der Waals surface area contributed by atoms with Gasteiger partial charge in [-0.05, 0) is 53.3 Å². The van der Waals surface area contributed by atoms with Crippen LogP contribution in [0, 0.1) is 13.8 Å². The molecule has 0 radical (unpaired) electrons. The van der Waals surface area contributed by atoms with Crippen LogP contribution in [-0.2, 0) is 7.05 Å². The number of hydrogen-bond acceptors (Lipinski definition) is 3. The van der Waals surface area contributed by atoms with Crippen LogP contribution in [0.3, 0.4) is 0 Å². The molecule has 0 aliphatic heterocycles. The second-order valence-corrected chi connectivity index (χ2v) is 9.09. The minimum atomic E-state index is 0.602. The van der Waals surface area contributed by atoms with Crippen molar-refractivity contribution in [2.24, 2.45) is 7.05 Å². The average Bonchev–Trinajstić information content (AvgIpc) is 3.29. The van der Waals surface area contributed by atoms with Gasteiger partial charge >= 0.3 is 0 Å². The largest absolute Gasteiger partial charge is 0.438 e. The molecule has 0 aliphatic rings. The first kappa shape index (κ1) is 21.1. The highest BCUT2D eigenvalue weighted by atomic mass is 32.1. The number of thiophene rings is 1. The van der Waals surface area contributed by atoms with Gasteiger partial charge in [0, 0.05) is 35.8 Å². The summed E-state index contributed by atoms with van der Waals surface area (Å²) in [5, 5.41) is 2.03. The van der Waals surface area contributed by atoms with Crippen LogP contribution >= 0.6 is 11.3 Å². The van der Waals surface area contributed by atoms with E-state index in [0.717, 1.165) is 16.3 Å². The quantitative estimate of drug-likeness (QED) is 0.262. The molecular weight excluding hydrogens is 424 g/mol. The third kappa shape index (κ3) is 4.43. The standard InChI is InChI=1S/C29H25N2OS/c1-20-15-24(22-9-5-4-6-10-22)16-21(2)29(20)23-12-14-31(3)26(17-23)27-18-25(19-33-27)32-28-11-7-8-13-30-28/h4-19H,1-3H3/q+1. The Morgan fingerprint density at radius 2 is 1.55 bits per heavy atom. The summed E-state index contributed by atoms with van der Waals surface area (Å²) in [5.74, 6) is 1.41. The Morgan fingerprint density at radius 3 is 2.27 bits per heavy atom. The monoisotopic (exact) mass is 449 g/mol. The lowest BCUT2D eigenvalue weighted by Gasteiger charge is -2.13. The third-order valence-corrected chi connectivity index (χ3v) is 6.70. The molecular formula is C29H25N2OS+. The molecule has 5 aromatic rings. The molecule has 0 saturated heterocycles. The fourth-order valence-corrected chi connectivity index (χ4v) is 5.09. The molecule has 0 bridgehead atoms. The Balaban J connectivity index is 1.50. The van der Waals surface area contributed by atoms with E-state index in [0.29, 0.717) is 5.88 Å². The molecule has 0 atom stereocenters. The van der Waals surface area contributed by atoms with Crippen molar-refractivity contribution in [2.75, 3.05) is 0 Å². The highest BCUT2D eigenvalue weighted by molar-refractivity contribution is 7.13. The van der Waals surface area contributed by atoms with E-state index in [4.69, 9.17) is 4.74 Å². The van der Waals surface area contributed by atoms with Crippen LogP contribution in [0.25, 0.3) is 32.8 Å².